The largest absolute Gasteiger partial charge is 0.414 e. The predicted molar refractivity (Wildman–Crippen MR) is 85.1 cm³/mol. The van der Waals surface area contributed by atoms with Crippen molar-refractivity contribution in [3.63, 3.8) is 0 Å². The van der Waals surface area contributed by atoms with Crippen LogP contribution >= 0.6 is 0 Å². The third-order valence-corrected chi connectivity index (χ3v) is 9.35. The molecule has 0 amide bonds. The Balaban J connectivity index is 1.98. The van der Waals surface area contributed by atoms with Crippen LogP contribution in [0.3, 0.4) is 0 Å². The van der Waals surface area contributed by atoms with E-state index in [0.717, 1.165) is 19.3 Å². The molecule has 0 aliphatic heterocycles. The van der Waals surface area contributed by atoms with E-state index in [0.29, 0.717) is 18.0 Å². The Morgan fingerprint density at radius 1 is 1.20 bits per heavy atom. The second-order valence-corrected chi connectivity index (χ2v) is 12.1. The molecule has 20 heavy (non-hydrogen) atoms. The van der Waals surface area contributed by atoms with Crippen molar-refractivity contribution in [2.45, 2.75) is 70.2 Å². The van der Waals surface area contributed by atoms with E-state index >= 15 is 0 Å². The van der Waals surface area contributed by atoms with Crippen molar-refractivity contribution < 1.29 is 4.43 Å². The Labute approximate surface area is 123 Å². The third kappa shape index (κ3) is 3.38. The van der Waals surface area contributed by atoms with Gasteiger partial charge in [0.25, 0.3) is 0 Å². The Bertz CT molecular complexity index is 453. The molecule has 1 aliphatic rings. The molecule has 0 bridgehead atoms. The molecule has 2 N–H and O–H groups in total. The molecule has 1 saturated carbocycles. The lowest BCUT2D eigenvalue weighted by atomic mass is 10.0. The van der Waals surface area contributed by atoms with Crippen molar-refractivity contribution in [1.82, 2.24) is 9.97 Å². The molecule has 2 atom stereocenters. The number of hydrogen-bond acceptors (Lipinski definition) is 4. The van der Waals surface area contributed by atoms with E-state index in [9.17, 15) is 0 Å². The number of anilines is 1. The van der Waals surface area contributed by atoms with Crippen molar-refractivity contribution in [2.24, 2.45) is 0 Å². The Kier molecular flexibility index (Phi) is 4.21. The molecule has 112 valence electrons. The predicted octanol–water partition coefficient (Wildman–Crippen LogP) is 3.72. The third-order valence-electron chi connectivity index (χ3n) is 4.82. The number of nitrogen functional groups attached to an aromatic ring is 1. The lowest BCUT2D eigenvalue weighted by Gasteiger charge is -2.38. The van der Waals surface area contributed by atoms with Gasteiger partial charge >= 0.3 is 0 Å². The molecule has 0 spiro atoms. The van der Waals surface area contributed by atoms with Crippen LogP contribution in [0.2, 0.25) is 18.1 Å². The fraction of sp³-hybridized carbons (Fsp3) is 0.733. The number of nitrogens with zero attached hydrogens (tertiary/aromatic N) is 2. The second-order valence-electron chi connectivity index (χ2n) is 7.38. The zero-order valence-corrected chi connectivity index (χ0v) is 14.3. The standard InChI is InChI=1S/C15H27N3OSi/c1-15(2,3)20(4,5)19-13-7-6-11(8-13)12-9-17-14(16)18-10-12/h9-11,13H,6-8H2,1-5H3,(H2,16,17,18)/t11-,13+/m1/s1. The van der Waals surface area contributed by atoms with Crippen LogP contribution in [0, 0.1) is 0 Å². The number of nitrogens with two attached hydrogens (primary N) is 1. The van der Waals surface area contributed by atoms with Gasteiger partial charge in [-0.1, -0.05) is 20.8 Å². The Hall–Kier alpha value is -0.943. The molecule has 1 aromatic heterocycles. The SMILES string of the molecule is CC(C)(C)[Si](C)(C)O[C@H]1CC[C@@H](c2cnc(N)nc2)C1. The Morgan fingerprint density at radius 3 is 2.35 bits per heavy atom. The summed E-state index contributed by atoms with van der Waals surface area (Å²) in [5.74, 6) is 0.867. The monoisotopic (exact) mass is 293 g/mol. The maximum absolute atomic E-state index is 6.51. The summed E-state index contributed by atoms with van der Waals surface area (Å²) in [5.41, 5.74) is 6.74. The van der Waals surface area contributed by atoms with Gasteiger partial charge in [-0.3, -0.25) is 0 Å². The summed E-state index contributed by atoms with van der Waals surface area (Å²) in [6, 6.07) is 0. The average molecular weight is 293 g/mol. The molecular formula is C15H27N3OSi. The van der Waals surface area contributed by atoms with Crippen molar-refractivity contribution in [2.75, 3.05) is 5.73 Å². The summed E-state index contributed by atoms with van der Waals surface area (Å²) in [6.07, 6.45) is 7.50. The summed E-state index contributed by atoms with van der Waals surface area (Å²) < 4.78 is 6.51. The molecule has 2 rings (SSSR count). The van der Waals surface area contributed by atoms with Gasteiger partial charge in [0.2, 0.25) is 5.95 Å². The molecule has 1 heterocycles. The Morgan fingerprint density at radius 2 is 1.80 bits per heavy atom. The highest BCUT2D eigenvalue weighted by atomic mass is 28.4. The number of rotatable bonds is 3. The first-order chi connectivity index (χ1) is 9.19. The molecule has 0 unspecified atom stereocenters. The zero-order valence-electron chi connectivity index (χ0n) is 13.3. The first kappa shape index (κ1) is 15.4. The van der Waals surface area contributed by atoms with E-state index in [1.54, 1.807) is 0 Å². The topological polar surface area (TPSA) is 61.0 Å². The van der Waals surface area contributed by atoms with Crippen molar-refractivity contribution in [3.8, 4) is 0 Å². The first-order valence-corrected chi connectivity index (χ1v) is 10.3. The quantitative estimate of drug-likeness (QED) is 0.863. The minimum absolute atomic E-state index is 0.273. The maximum Gasteiger partial charge on any atom is 0.219 e. The van der Waals surface area contributed by atoms with Gasteiger partial charge in [0, 0.05) is 18.5 Å². The lowest BCUT2D eigenvalue weighted by Crippen LogP contribution is -2.43. The van der Waals surface area contributed by atoms with Crippen molar-refractivity contribution in [1.29, 1.82) is 0 Å². The van der Waals surface area contributed by atoms with Gasteiger partial charge in [-0.2, -0.15) is 0 Å². The summed E-state index contributed by atoms with van der Waals surface area (Å²) in [4.78, 5) is 8.19. The van der Waals surface area contributed by atoms with Crippen LogP contribution in [-0.4, -0.2) is 24.4 Å². The van der Waals surface area contributed by atoms with E-state index in [1.165, 1.54) is 5.56 Å². The minimum atomic E-state index is -1.66. The van der Waals surface area contributed by atoms with Crippen LogP contribution in [0.4, 0.5) is 5.95 Å². The highest BCUT2D eigenvalue weighted by Crippen LogP contribution is 2.42. The van der Waals surface area contributed by atoms with Crippen molar-refractivity contribution >= 4 is 14.3 Å². The van der Waals surface area contributed by atoms with Gasteiger partial charge in [0.05, 0.1) is 0 Å². The molecule has 0 aromatic carbocycles. The van der Waals surface area contributed by atoms with Crippen LogP contribution in [0.15, 0.2) is 12.4 Å². The average Bonchev–Trinajstić information content (AvgIpc) is 2.76. The normalized spacial score (nSPS) is 24.1. The molecule has 0 saturated heterocycles. The highest BCUT2D eigenvalue weighted by molar-refractivity contribution is 6.74. The molecule has 5 heteroatoms. The van der Waals surface area contributed by atoms with Gasteiger partial charge in [0.15, 0.2) is 8.32 Å². The molecule has 4 nitrogen and oxygen atoms in total. The van der Waals surface area contributed by atoms with Crippen LogP contribution in [0.25, 0.3) is 0 Å². The number of aromatic nitrogens is 2. The second kappa shape index (κ2) is 5.45. The molecule has 1 fully saturated rings. The lowest BCUT2D eigenvalue weighted by molar-refractivity contribution is 0.186. The van der Waals surface area contributed by atoms with Crippen LogP contribution in [-0.2, 0) is 4.43 Å². The summed E-state index contributed by atoms with van der Waals surface area (Å²) in [7, 11) is -1.66. The van der Waals surface area contributed by atoms with E-state index in [-0.39, 0.29) is 5.04 Å². The fourth-order valence-corrected chi connectivity index (χ4v) is 3.90. The molecule has 1 aliphatic carbocycles. The summed E-state index contributed by atoms with van der Waals surface area (Å²) >= 11 is 0. The van der Waals surface area contributed by atoms with E-state index in [1.807, 2.05) is 12.4 Å². The molecule has 0 radical (unpaired) electrons. The zero-order chi connectivity index (χ0) is 15.0. The van der Waals surface area contributed by atoms with Crippen LogP contribution in [0.5, 0.6) is 0 Å². The van der Waals surface area contributed by atoms with E-state index in [2.05, 4.69) is 43.8 Å². The first-order valence-electron chi connectivity index (χ1n) is 7.44. The van der Waals surface area contributed by atoms with Gasteiger partial charge in [-0.15, -0.1) is 0 Å². The highest BCUT2D eigenvalue weighted by Gasteiger charge is 2.40. The fourth-order valence-electron chi connectivity index (χ4n) is 2.50. The van der Waals surface area contributed by atoms with Gasteiger partial charge in [-0.25, -0.2) is 9.97 Å². The van der Waals surface area contributed by atoms with Gasteiger partial charge in [-0.05, 0) is 48.9 Å². The minimum Gasteiger partial charge on any atom is -0.414 e. The summed E-state index contributed by atoms with van der Waals surface area (Å²) in [5, 5.41) is 0.273. The number of hydrogen-bond donors (Lipinski definition) is 1. The smallest absolute Gasteiger partial charge is 0.219 e. The van der Waals surface area contributed by atoms with Crippen molar-refractivity contribution in [3.05, 3.63) is 18.0 Å². The molecule has 1 aromatic rings. The van der Waals surface area contributed by atoms with Crippen LogP contribution < -0.4 is 5.73 Å². The molecular weight excluding hydrogens is 266 g/mol. The summed E-state index contributed by atoms with van der Waals surface area (Å²) in [6.45, 7) is 11.5. The van der Waals surface area contributed by atoms with Gasteiger partial charge < -0.3 is 10.2 Å². The van der Waals surface area contributed by atoms with Gasteiger partial charge in [0.1, 0.15) is 0 Å². The van der Waals surface area contributed by atoms with E-state index in [4.69, 9.17) is 10.2 Å². The van der Waals surface area contributed by atoms with Crippen LogP contribution in [0.1, 0.15) is 51.5 Å². The maximum atomic E-state index is 6.51. The van der Waals surface area contributed by atoms with E-state index < -0.39 is 8.32 Å².